The van der Waals surface area contributed by atoms with E-state index >= 15 is 0 Å². The van der Waals surface area contributed by atoms with E-state index in [0.29, 0.717) is 19.6 Å². The first-order valence-electron chi connectivity index (χ1n) is 13.6. The molecule has 5 heteroatoms. The van der Waals surface area contributed by atoms with Crippen LogP contribution in [-0.4, -0.2) is 49.7 Å². The van der Waals surface area contributed by atoms with Crippen LogP contribution in [0.5, 0.6) is 11.5 Å². The van der Waals surface area contributed by atoms with Crippen molar-refractivity contribution >= 4 is 5.91 Å². The number of nitrogens with zero attached hydrogens (tertiary/aromatic N) is 1. The zero-order valence-electron chi connectivity index (χ0n) is 21.8. The molecule has 0 saturated heterocycles. The van der Waals surface area contributed by atoms with Gasteiger partial charge in [0.1, 0.15) is 13.2 Å². The number of carbonyl (C=O) groups is 1. The Bertz CT molecular complexity index is 871. The number of hydrogen-bond acceptors (Lipinski definition) is 4. The summed E-state index contributed by atoms with van der Waals surface area (Å²) in [6.45, 7) is 8.45. The summed E-state index contributed by atoms with van der Waals surface area (Å²) in [4.78, 5) is 15.3. The maximum Gasteiger partial charge on any atom is 0.220 e. The average molecular weight is 481 g/mol. The van der Waals surface area contributed by atoms with Crippen molar-refractivity contribution in [3.05, 3.63) is 59.7 Å². The third-order valence-corrected chi connectivity index (χ3v) is 6.67. The van der Waals surface area contributed by atoms with Gasteiger partial charge in [0.15, 0.2) is 11.5 Å². The lowest BCUT2D eigenvalue weighted by Crippen LogP contribution is -2.45. The number of hydrogen-bond donors (Lipinski definition) is 1. The Balaban J connectivity index is 1.57. The second-order valence-electron chi connectivity index (χ2n) is 9.59. The number of amides is 1. The van der Waals surface area contributed by atoms with Gasteiger partial charge in [0.05, 0.1) is 0 Å². The first-order valence-corrected chi connectivity index (χ1v) is 13.6. The molecule has 0 unspecified atom stereocenters. The van der Waals surface area contributed by atoms with Crippen LogP contribution in [0.1, 0.15) is 69.9 Å². The van der Waals surface area contributed by atoms with Crippen molar-refractivity contribution in [2.45, 2.75) is 77.7 Å². The number of nitrogens with one attached hydrogen (secondary N) is 1. The minimum atomic E-state index is 0.0670. The van der Waals surface area contributed by atoms with Gasteiger partial charge in [-0.3, -0.25) is 4.79 Å². The fraction of sp³-hybridized carbons (Fsp3) is 0.567. The Kier molecular flexibility index (Phi) is 12.0. The van der Waals surface area contributed by atoms with E-state index in [1.807, 2.05) is 6.07 Å². The quantitative estimate of drug-likeness (QED) is 0.309. The summed E-state index contributed by atoms with van der Waals surface area (Å²) in [5, 5.41) is 3.36. The van der Waals surface area contributed by atoms with Crippen LogP contribution in [0.3, 0.4) is 0 Å². The molecule has 1 N–H and O–H groups in total. The predicted octanol–water partition coefficient (Wildman–Crippen LogP) is 5.80. The van der Waals surface area contributed by atoms with Gasteiger partial charge in [-0.1, -0.05) is 75.9 Å². The number of fused-ring (bicyclic) bond motifs is 1. The van der Waals surface area contributed by atoms with Crippen LogP contribution < -0.4 is 14.8 Å². The van der Waals surface area contributed by atoms with Crippen LogP contribution in [0.4, 0.5) is 0 Å². The van der Waals surface area contributed by atoms with Crippen LogP contribution in [0.2, 0.25) is 0 Å². The van der Waals surface area contributed by atoms with Crippen molar-refractivity contribution in [2.75, 3.05) is 32.8 Å². The van der Waals surface area contributed by atoms with Gasteiger partial charge >= 0.3 is 0 Å². The highest BCUT2D eigenvalue weighted by molar-refractivity contribution is 5.76. The molecule has 2 aromatic rings. The lowest BCUT2D eigenvalue weighted by atomic mass is 10.0. The van der Waals surface area contributed by atoms with Gasteiger partial charge in [0, 0.05) is 19.0 Å². The predicted molar refractivity (Wildman–Crippen MR) is 143 cm³/mol. The number of ether oxygens (including phenoxy) is 2. The van der Waals surface area contributed by atoms with Gasteiger partial charge in [-0.05, 0) is 62.0 Å². The van der Waals surface area contributed by atoms with Crippen molar-refractivity contribution in [2.24, 2.45) is 0 Å². The number of rotatable bonds is 16. The normalized spacial score (nSPS) is 13.6. The molecule has 1 amide bonds. The van der Waals surface area contributed by atoms with E-state index in [1.165, 1.54) is 30.4 Å². The summed E-state index contributed by atoms with van der Waals surface area (Å²) >= 11 is 0. The summed E-state index contributed by atoms with van der Waals surface area (Å²) in [5.41, 5.74) is 2.55. The Labute approximate surface area is 212 Å². The molecule has 2 aromatic carbocycles. The second kappa shape index (κ2) is 15.5. The number of aryl methyl sites for hydroxylation is 1. The average Bonchev–Trinajstić information content (AvgIpc) is 2.88. The van der Waals surface area contributed by atoms with E-state index in [-0.39, 0.29) is 11.9 Å². The minimum absolute atomic E-state index is 0.0670. The summed E-state index contributed by atoms with van der Waals surface area (Å²) < 4.78 is 11.5. The molecule has 0 aromatic heterocycles. The van der Waals surface area contributed by atoms with E-state index < -0.39 is 0 Å². The Hall–Kier alpha value is -2.53. The number of benzene rings is 2. The van der Waals surface area contributed by atoms with Crippen LogP contribution in [0, 0.1) is 0 Å². The molecule has 3 rings (SSSR count). The Morgan fingerprint density at radius 2 is 1.69 bits per heavy atom. The first kappa shape index (κ1) is 27.1. The zero-order chi connectivity index (χ0) is 24.7. The summed E-state index contributed by atoms with van der Waals surface area (Å²) in [6, 6.07) is 16.9. The van der Waals surface area contributed by atoms with Gasteiger partial charge in [0.25, 0.3) is 0 Å². The zero-order valence-corrected chi connectivity index (χ0v) is 21.8. The Morgan fingerprint density at radius 3 is 2.46 bits per heavy atom. The number of unbranched alkanes of at least 4 members (excludes halogenated alkanes) is 4. The molecule has 0 saturated carbocycles. The van der Waals surface area contributed by atoms with Crippen molar-refractivity contribution in [1.29, 1.82) is 0 Å². The molecule has 192 valence electrons. The molecule has 0 aliphatic carbocycles. The molecule has 5 nitrogen and oxygen atoms in total. The van der Waals surface area contributed by atoms with Crippen molar-refractivity contribution in [1.82, 2.24) is 10.2 Å². The lowest BCUT2D eigenvalue weighted by molar-refractivity contribution is -0.122. The number of likely N-dealkylation sites (N-methyl/N-ethyl adjacent to an activating group) is 1. The standard InChI is InChI=1S/C30H44N2O3/c1-3-5-6-7-11-16-30(33)31-27(22-26-17-18-28-29(23-26)35-21-20-34-28)24-32(4-2)19-12-15-25-13-9-8-10-14-25/h8-10,13-14,17-18,23,27H,3-7,11-12,15-16,19-22,24H2,1-2H3,(H,31,33)/t27-/m0/s1. The molecule has 0 bridgehead atoms. The molecule has 0 spiro atoms. The molecule has 1 aliphatic heterocycles. The van der Waals surface area contributed by atoms with Gasteiger partial charge in [0.2, 0.25) is 5.91 Å². The maximum absolute atomic E-state index is 12.8. The molecule has 1 atom stereocenters. The monoisotopic (exact) mass is 480 g/mol. The fourth-order valence-corrected chi connectivity index (χ4v) is 4.69. The van der Waals surface area contributed by atoms with E-state index in [4.69, 9.17) is 9.47 Å². The van der Waals surface area contributed by atoms with Crippen molar-refractivity contribution < 1.29 is 14.3 Å². The largest absolute Gasteiger partial charge is 0.486 e. The van der Waals surface area contributed by atoms with Crippen LogP contribution in [0.15, 0.2) is 48.5 Å². The summed E-state index contributed by atoms with van der Waals surface area (Å²) in [5.74, 6) is 1.79. The highest BCUT2D eigenvalue weighted by Crippen LogP contribution is 2.31. The molecule has 0 radical (unpaired) electrons. The van der Waals surface area contributed by atoms with Gasteiger partial charge < -0.3 is 19.7 Å². The first-order chi connectivity index (χ1) is 17.2. The van der Waals surface area contributed by atoms with Crippen molar-refractivity contribution in [3.8, 4) is 11.5 Å². The molecule has 1 heterocycles. The van der Waals surface area contributed by atoms with Gasteiger partial charge in [-0.15, -0.1) is 0 Å². The van der Waals surface area contributed by atoms with Gasteiger partial charge in [-0.25, -0.2) is 0 Å². The van der Waals surface area contributed by atoms with Crippen LogP contribution in [0.25, 0.3) is 0 Å². The smallest absolute Gasteiger partial charge is 0.220 e. The van der Waals surface area contributed by atoms with E-state index in [2.05, 4.69) is 66.5 Å². The topological polar surface area (TPSA) is 50.8 Å². The minimum Gasteiger partial charge on any atom is -0.486 e. The van der Waals surface area contributed by atoms with E-state index in [0.717, 1.165) is 63.2 Å². The fourth-order valence-electron chi connectivity index (χ4n) is 4.69. The Morgan fingerprint density at radius 1 is 0.914 bits per heavy atom. The van der Waals surface area contributed by atoms with E-state index in [1.54, 1.807) is 0 Å². The molecule has 1 aliphatic rings. The van der Waals surface area contributed by atoms with Crippen LogP contribution in [-0.2, 0) is 17.6 Å². The third kappa shape index (κ3) is 9.93. The molecule has 35 heavy (non-hydrogen) atoms. The van der Waals surface area contributed by atoms with Crippen molar-refractivity contribution in [3.63, 3.8) is 0 Å². The third-order valence-electron chi connectivity index (χ3n) is 6.67. The SMILES string of the molecule is CCCCCCCC(=O)N[C@@H](Cc1ccc2c(c1)OCCO2)CN(CC)CCCc1ccccc1. The summed E-state index contributed by atoms with van der Waals surface area (Å²) in [7, 11) is 0. The highest BCUT2D eigenvalue weighted by Gasteiger charge is 2.19. The second-order valence-corrected chi connectivity index (χ2v) is 9.59. The summed E-state index contributed by atoms with van der Waals surface area (Å²) in [6.07, 6.45) is 9.38. The van der Waals surface area contributed by atoms with Crippen LogP contribution >= 0.6 is 0 Å². The number of carbonyl (C=O) groups excluding carboxylic acids is 1. The van der Waals surface area contributed by atoms with Gasteiger partial charge in [-0.2, -0.15) is 0 Å². The maximum atomic E-state index is 12.8. The lowest BCUT2D eigenvalue weighted by Gasteiger charge is -2.28. The molecule has 0 fully saturated rings. The highest BCUT2D eigenvalue weighted by atomic mass is 16.6. The van der Waals surface area contributed by atoms with E-state index in [9.17, 15) is 4.79 Å². The molecular weight excluding hydrogens is 436 g/mol. The molecular formula is C30H44N2O3.